The van der Waals surface area contributed by atoms with E-state index < -0.39 is 0 Å². The first-order valence-corrected chi connectivity index (χ1v) is 28.2. The van der Waals surface area contributed by atoms with Crippen LogP contribution in [0.3, 0.4) is 0 Å². The number of aryl methyl sites for hydroxylation is 13. The van der Waals surface area contributed by atoms with Gasteiger partial charge in [-0.15, -0.1) is 0 Å². The smallest absolute Gasteiger partial charge is 0.128 e. The lowest BCUT2D eigenvalue weighted by atomic mass is 9.85. The van der Waals surface area contributed by atoms with Crippen LogP contribution in [0.4, 0.5) is 0 Å². The average Bonchev–Trinajstić information content (AvgIpc) is 3.59. The van der Waals surface area contributed by atoms with Crippen molar-refractivity contribution in [1.29, 1.82) is 0 Å². The molecule has 0 spiro atoms. The Bertz CT molecular complexity index is 3120. The third-order valence-electron chi connectivity index (χ3n) is 12.9. The number of hydrogen-bond acceptors (Lipinski definition) is 17. The maximum atomic E-state index is 4.23. The van der Waals surface area contributed by atoms with E-state index >= 15 is 0 Å². The van der Waals surface area contributed by atoms with Gasteiger partial charge in [-0.2, -0.15) is 0 Å². The van der Waals surface area contributed by atoms with Crippen LogP contribution < -0.4 is 0 Å². The molecule has 0 atom stereocenters. The summed E-state index contributed by atoms with van der Waals surface area (Å²) in [6.45, 7) is 53.9. The fraction of sp³-hybridized carbons (Fsp3) is 0.448. The van der Waals surface area contributed by atoms with Crippen molar-refractivity contribution in [2.75, 3.05) is 0 Å². The topological polar surface area (TPSA) is 219 Å². The molecule has 0 saturated carbocycles. The Balaban J connectivity index is 0.000000474. The van der Waals surface area contributed by atoms with Crippen molar-refractivity contribution in [2.45, 2.75) is 203 Å². The molecule has 0 bridgehead atoms. The lowest BCUT2D eigenvalue weighted by molar-refractivity contribution is 0.583. The molecule has 17 nitrogen and oxygen atoms in total. The van der Waals surface area contributed by atoms with Gasteiger partial charge < -0.3 is 0 Å². The molecule has 9 rings (SSSR count). The first kappa shape index (κ1) is 73.8. The minimum absolute atomic E-state index is 0.221. The first-order chi connectivity index (χ1) is 39.3. The van der Waals surface area contributed by atoms with Crippen molar-refractivity contribution < 1.29 is 0 Å². The summed E-state index contributed by atoms with van der Waals surface area (Å²) < 4.78 is 0. The van der Waals surface area contributed by atoms with Gasteiger partial charge in [-0.25, -0.2) is 74.8 Å². The molecule has 0 aromatic carbocycles. The Morgan fingerprint density at radius 1 is 0.298 bits per heavy atom. The van der Waals surface area contributed by atoms with Crippen LogP contribution in [0.15, 0.2) is 106 Å². The molecule has 0 fully saturated rings. The first-order valence-electron chi connectivity index (χ1n) is 28.2. The summed E-state index contributed by atoms with van der Waals surface area (Å²) in [5, 5.41) is 0. The van der Waals surface area contributed by atoms with E-state index in [0.717, 1.165) is 68.3 Å². The van der Waals surface area contributed by atoms with Crippen LogP contribution in [0.5, 0.6) is 0 Å². The standard InChI is InChI=1S/2C10H15N.C9H14N2.2C8H12N2.C7H10N2.C6H8N2.C5H6N2.C4H5N3/c1-8-7-11-6-5-9(8)10(2,3)4;1-8-5-6-11-7-9(8)10(2,3)4;1-6(2)9-7(3)8(4)10-5-11-9;1-6(2)8-7(3)4-9-5-10-8;1-5-6(2)9-8(4)10-7(5)3;1-5-6(2)8-4-9-7(5)3;1-5-3-7-4-8-6(5)2;1-5-2-6-4-7-3-5;1-4-6-2-5-3-7-4/h2*5-7H,1-4H3;5-6H,1-4H3;4-6H,1-3H3;1-4H3;4H,1-3H3;3-4H,1-2H3;2-4H,1H3;2-3H,1H3. The number of rotatable bonds is 2. The Morgan fingerprint density at radius 2 is 0.702 bits per heavy atom. The highest BCUT2D eigenvalue weighted by Gasteiger charge is 2.16. The van der Waals surface area contributed by atoms with Crippen LogP contribution in [-0.2, 0) is 10.8 Å². The number of hydrogen-bond donors (Lipinski definition) is 0. The van der Waals surface area contributed by atoms with E-state index in [1.54, 1.807) is 37.7 Å². The Labute approximate surface area is 504 Å². The lowest BCUT2D eigenvalue weighted by Crippen LogP contribution is -2.13. The van der Waals surface area contributed by atoms with Gasteiger partial charge in [0.15, 0.2) is 0 Å². The molecule has 84 heavy (non-hydrogen) atoms. The maximum Gasteiger partial charge on any atom is 0.128 e. The monoisotopic (exact) mass is 1140 g/mol. The molecular formula is C67H97N17. The summed E-state index contributed by atoms with van der Waals surface area (Å²) in [6.07, 6.45) is 25.6. The van der Waals surface area contributed by atoms with Gasteiger partial charge in [0, 0.05) is 95.1 Å². The van der Waals surface area contributed by atoms with Crippen molar-refractivity contribution in [3.8, 4) is 0 Å². The number of nitrogens with zero attached hydrogens (tertiary/aromatic N) is 17. The van der Waals surface area contributed by atoms with Crippen molar-refractivity contribution in [3.63, 3.8) is 0 Å². The molecule has 9 heterocycles. The molecule has 0 aliphatic rings. The van der Waals surface area contributed by atoms with Crippen LogP contribution in [0.2, 0.25) is 0 Å². The Hall–Kier alpha value is -8.21. The highest BCUT2D eigenvalue weighted by molar-refractivity contribution is 5.29. The van der Waals surface area contributed by atoms with Gasteiger partial charge in [0.2, 0.25) is 0 Å². The zero-order valence-electron chi connectivity index (χ0n) is 55.6. The van der Waals surface area contributed by atoms with Crippen LogP contribution in [0.1, 0.15) is 194 Å². The minimum Gasteiger partial charge on any atom is -0.264 e. The molecule has 9 aromatic heterocycles. The number of aromatic nitrogens is 17. The summed E-state index contributed by atoms with van der Waals surface area (Å²) in [5.74, 6) is 2.62. The molecule has 0 saturated heterocycles. The summed E-state index contributed by atoms with van der Waals surface area (Å²) >= 11 is 0. The van der Waals surface area contributed by atoms with Crippen LogP contribution in [0.25, 0.3) is 0 Å². The lowest BCUT2D eigenvalue weighted by Gasteiger charge is -2.20. The van der Waals surface area contributed by atoms with Gasteiger partial charge in [-0.1, -0.05) is 69.2 Å². The summed E-state index contributed by atoms with van der Waals surface area (Å²) in [7, 11) is 0. The normalized spacial score (nSPS) is 10.2. The van der Waals surface area contributed by atoms with E-state index in [-0.39, 0.29) is 10.8 Å². The van der Waals surface area contributed by atoms with Crippen LogP contribution in [-0.4, -0.2) is 84.7 Å². The maximum absolute atomic E-state index is 4.23. The molecule has 0 aliphatic heterocycles. The predicted molar refractivity (Wildman–Crippen MR) is 342 cm³/mol. The average molecular weight is 1140 g/mol. The zero-order valence-corrected chi connectivity index (χ0v) is 55.6. The molecule has 9 aromatic rings. The van der Waals surface area contributed by atoms with Crippen LogP contribution in [0, 0.1) is 111 Å². The molecule has 450 valence electrons. The highest BCUT2D eigenvalue weighted by atomic mass is 15.0. The predicted octanol–water partition coefficient (Wildman–Crippen LogP) is 14.7. The second-order valence-electron chi connectivity index (χ2n) is 22.9. The molecule has 0 amide bonds. The third-order valence-corrected chi connectivity index (χ3v) is 12.9. The van der Waals surface area contributed by atoms with Gasteiger partial charge in [0.1, 0.15) is 55.9 Å². The van der Waals surface area contributed by atoms with Gasteiger partial charge in [0.05, 0.1) is 0 Å². The second-order valence-corrected chi connectivity index (χ2v) is 22.9. The van der Waals surface area contributed by atoms with E-state index in [9.17, 15) is 0 Å². The Kier molecular flexibility index (Phi) is 33.2. The number of pyridine rings is 2. The quantitative estimate of drug-likeness (QED) is 0.157. The van der Waals surface area contributed by atoms with Crippen molar-refractivity contribution in [1.82, 2.24) is 84.7 Å². The largest absolute Gasteiger partial charge is 0.264 e. The highest BCUT2D eigenvalue weighted by Crippen LogP contribution is 2.25. The van der Waals surface area contributed by atoms with E-state index in [2.05, 4.69) is 187 Å². The fourth-order valence-corrected chi connectivity index (χ4v) is 7.44. The van der Waals surface area contributed by atoms with Crippen molar-refractivity contribution >= 4 is 0 Å². The van der Waals surface area contributed by atoms with E-state index in [1.807, 2.05) is 127 Å². The van der Waals surface area contributed by atoms with Crippen LogP contribution >= 0.6 is 0 Å². The summed E-state index contributed by atoms with van der Waals surface area (Å²) in [5.41, 5.74) is 21.6. The zero-order chi connectivity index (χ0) is 63.7. The molecular weight excluding hydrogens is 1040 g/mol. The van der Waals surface area contributed by atoms with Gasteiger partial charge in [-0.3, -0.25) is 9.97 Å². The van der Waals surface area contributed by atoms with Gasteiger partial charge >= 0.3 is 0 Å². The van der Waals surface area contributed by atoms with E-state index in [1.165, 1.54) is 63.5 Å². The van der Waals surface area contributed by atoms with Gasteiger partial charge in [-0.05, 0) is 201 Å². The van der Waals surface area contributed by atoms with Crippen molar-refractivity contribution in [2.24, 2.45) is 0 Å². The SMILES string of the molecule is Cc1ccncc1C(C)(C)C.Cc1cnccc1C(C)(C)C.Cc1cncnc1.Cc1cncnc1C.Cc1cncnc1C(C)C.Cc1nc(C)c(C)c(C)n1.Cc1ncnc(C(C)C)c1C.Cc1ncnc(C)c1C.Cc1ncncn1. The summed E-state index contributed by atoms with van der Waals surface area (Å²) in [6, 6.07) is 4.15. The third kappa shape index (κ3) is 29.2. The summed E-state index contributed by atoms with van der Waals surface area (Å²) in [4.78, 5) is 67.6. The van der Waals surface area contributed by atoms with E-state index in [0.29, 0.717) is 11.8 Å². The molecule has 0 aliphatic carbocycles. The minimum atomic E-state index is 0.221. The molecule has 0 unspecified atom stereocenters. The molecule has 17 heteroatoms. The Morgan fingerprint density at radius 3 is 1.05 bits per heavy atom. The van der Waals surface area contributed by atoms with E-state index in [4.69, 9.17) is 0 Å². The fourth-order valence-electron chi connectivity index (χ4n) is 7.44. The molecule has 0 radical (unpaired) electrons. The second kappa shape index (κ2) is 37.8. The molecule has 0 N–H and O–H groups in total. The van der Waals surface area contributed by atoms with Gasteiger partial charge in [0.25, 0.3) is 0 Å². The van der Waals surface area contributed by atoms with Crippen molar-refractivity contribution in [3.05, 3.63) is 219 Å².